The Labute approximate surface area is 158 Å². The number of hydrogen-bond acceptors (Lipinski definition) is 5. The predicted octanol–water partition coefficient (Wildman–Crippen LogP) is 3.53. The summed E-state index contributed by atoms with van der Waals surface area (Å²) in [5.74, 6) is 3.12. The summed E-state index contributed by atoms with van der Waals surface area (Å²) in [6.45, 7) is 0.734. The van der Waals surface area contributed by atoms with Gasteiger partial charge < -0.3 is 19.1 Å². The molecular weight excluding hydrogens is 350 g/mol. The van der Waals surface area contributed by atoms with E-state index >= 15 is 0 Å². The van der Waals surface area contributed by atoms with E-state index in [1.54, 1.807) is 33.1 Å². The molecule has 1 aliphatic heterocycles. The van der Waals surface area contributed by atoms with Crippen molar-refractivity contribution in [1.29, 1.82) is 0 Å². The quantitative estimate of drug-likeness (QED) is 0.775. The van der Waals surface area contributed by atoms with Gasteiger partial charge in [0.1, 0.15) is 11.1 Å². The van der Waals surface area contributed by atoms with Crippen molar-refractivity contribution in [3.63, 3.8) is 0 Å². The first-order chi connectivity index (χ1) is 12.7. The molecule has 26 heavy (non-hydrogen) atoms. The third-order valence-corrected chi connectivity index (χ3v) is 5.70. The summed E-state index contributed by atoms with van der Waals surface area (Å²) in [4.78, 5) is 14.9. The van der Waals surface area contributed by atoms with Gasteiger partial charge in [0.25, 0.3) is 0 Å². The lowest BCUT2D eigenvalue weighted by Gasteiger charge is -2.25. The summed E-state index contributed by atoms with van der Waals surface area (Å²) < 4.78 is 16.1. The molecule has 1 amide bonds. The number of rotatable bonds is 6. The van der Waals surface area contributed by atoms with Crippen LogP contribution in [-0.4, -0.2) is 44.4 Å². The van der Waals surface area contributed by atoms with Gasteiger partial charge in [-0.1, -0.05) is 24.3 Å². The van der Waals surface area contributed by atoms with Gasteiger partial charge in [-0.25, -0.2) is 0 Å². The van der Waals surface area contributed by atoms with Crippen molar-refractivity contribution in [2.24, 2.45) is 0 Å². The number of thioether (sulfide) groups is 1. The Hall–Kier alpha value is -2.34. The molecule has 0 radical (unpaired) electrons. The number of para-hydroxylation sites is 1. The van der Waals surface area contributed by atoms with E-state index in [1.807, 2.05) is 47.4 Å². The fourth-order valence-electron chi connectivity index (χ4n) is 3.12. The molecule has 5 nitrogen and oxygen atoms in total. The van der Waals surface area contributed by atoms with E-state index in [4.69, 9.17) is 14.2 Å². The van der Waals surface area contributed by atoms with E-state index < -0.39 is 0 Å². The minimum Gasteiger partial charge on any atom is -0.496 e. The van der Waals surface area contributed by atoms with Gasteiger partial charge in [0.05, 0.1) is 27.8 Å². The van der Waals surface area contributed by atoms with Crippen molar-refractivity contribution in [2.45, 2.75) is 11.8 Å². The Morgan fingerprint density at radius 2 is 1.77 bits per heavy atom. The summed E-state index contributed by atoms with van der Waals surface area (Å²) in [6, 6.07) is 13.5. The second-order valence-electron chi connectivity index (χ2n) is 5.91. The molecule has 3 rings (SSSR count). The Morgan fingerprint density at radius 1 is 1.04 bits per heavy atom. The molecule has 2 aromatic carbocycles. The van der Waals surface area contributed by atoms with Crippen molar-refractivity contribution in [1.82, 2.24) is 4.90 Å². The number of methoxy groups -OCH3 is 3. The normalized spacial score (nSPS) is 16.4. The molecule has 0 saturated carbocycles. The highest BCUT2D eigenvalue weighted by Gasteiger charge is 2.31. The largest absolute Gasteiger partial charge is 0.496 e. The second kappa shape index (κ2) is 8.36. The third kappa shape index (κ3) is 3.75. The highest BCUT2D eigenvalue weighted by molar-refractivity contribution is 7.99. The first kappa shape index (κ1) is 18.5. The number of ether oxygens (including phenoxy) is 3. The fraction of sp³-hybridized carbons (Fsp3) is 0.350. The van der Waals surface area contributed by atoms with Crippen LogP contribution in [0.4, 0.5) is 0 Å². The molecular formula is C20H23NO4S. The zero-order valence-corrected chi connectivity index (χ0v) is 16.0. The van der Waals surface area contributed by atoms with Crippen LogP contribution in [-0.2, 0) is 11.2 Å². The van der Waals surface area contributed by atoms with Crippen LogP contribution >= 0.6 is 11.8 Å². The fourth-order valence-corrected chi connectivity index (χ4v) is 4.39. The highest BCUT2D eigenvalue weighted by atomic mass is 32.2. The molecule has 0 spiro atoms. The third-order valence-electron chi connectivity index (χ3n) is 4.44. The summed E-state index contributed by atoms with van der Waals surface area (Å²) in [5.41, 5.74) is 1.95. The Balaban J connectivity index is 1.80. The van der Waals surface area contributed by atoms with Gasteiger partial charge in [-0.2, -0.15) is 0 Å². The molecule has 0 aromatic heterocycles. The molecule has 1 fully saturated rings. The van der Waals surface area contributed by atoms with E-state index in [9.17, 15) is 4.79 Å². The van der Waals surface area contributed by atoms with Gasteiger partial charge in [0.2, 0.25) is 5.91 Å². The van der Waals surface area contributed by atoms with E-state index in [0.29, 0.717) is 17.9 Å². The molecule has 1 aliphatic rings. The maximum Gasteiger partial charge on any atom is 0.228 e. The van der Waals surface area contributed by atoms with E-state index in [-0.39, 0.29) is 11.3 Å². The minimum atomic E-state index is -0.0167. The van der Waals surface area contributed by atoms with Crippen LogP contribution in [0.5, 0.6) is 17.2 Å². The highest BCUT2D eigenvalue weighted by Crippen LogP contribution is 2.41. The van der Waals surface area contributed by atoms with Crippen LogP contribution in [0.1, 0.15) is 16.5 Å². The number of hydrogen-bond donors (Lipinski definition) is 0. The van der Waals surface area contributed by atoms with Crippen LogP contribution in [0.2, 0.25) is 0 Å². The molecule has 1 heterocycles. The Kier molecular flexibility index (Phi) is 5.93. The molecule has 138 valence electrons. The molecule has 1 atom stereocenters. The monoisotopic (exact) mass is 373 g/mol. The Bertz CT molecular complexity index is 780. The first-order valence-corrected chi connectivity index (χ1v) is 9.47. The van der Waals surface area contributed by atoms with Crippen molar-refractivity contribution < 1.29 is 19.0 Å². The number of benzene rings is 2. The molecule has 2 aromatic rings. The Morgan fingerprint density at radius 3 is 2.50 bits per heavy atom. The summed E-state index contributed by atoms with van der Waals surface area (Å²) in [6.07, 6.45) is 0.328. The average molecular weight is 373 g/mol. The maximum atomic E-state index is 12.9. The molecule has 1 saturated heterocycles. The molecule has 6 heteroatoms. The smallest absolute Gasteiger partial charge is 0.228 e. The van der Waals surface area contributed by atoms with Crippen molar-refractivity contribution in [3.8, 4) is 17.2 Å². The summed E-state index contributed by atoms with van der Waals surface area (Å²) in [7, 11) is 4.86. The standard InChI is InChI=1S/C20H23NO4S/c1-23-16-7-5-4-6-14(16)13-19(22)21-10-11-26-20(21)15-8-9-17(24-2)18(12-15)25-3/h4-9,12,20H,10-11,13H2,1-3H3. The lowest BCUT2D eigenvalue weighted by molar-refractivity contribution is -0.130. The average Bonchev–Trinajstić information content (AvgIpc) is 3.17. The van der Waals surface area contributed by atoms with Crippen molar-refractivity contribution >= 4 is 17.7 Å². The van der Waals surface area contributed by atoms with Crippen molar-refractivity contribution in [3.05, 3.63) is 53.6 Å². The number of carbonyl (C=O) groups excluding carboxylic acids is 1. The van der Waals surface area contributed by atoms with Gasteiger partial charge in [0.15, 0.2) is 11.5 Å². The SMILES string of the molecule is COc1ccccc1CC(=O)N1CCSC1c1ccc(OC)c(OC)c1. The molecule has 0 bridgehead atoms. The zero-order valence-electron chi connectivity index (χ0n) is 15.2. The lowest BCUT2D eigenvalue weighted by atomic mass is 10.1. The second-order valence-corrected chi connectivity index (χ2v) is 7.10. The lowest BCUT2D eigenvalue weighted by Crippen LogP contribution is -2.31. The van der Waals surface area contributed by atoms with Gasteiger partial charge in [-0.05, 0) is 23.8 Å². The summed E-state index contributed by atoms with van der Waals surface area (Å²) >= 11 is 1.76. The van der Waals surface area contributed by atoms with Gasteiger partial charge >= 0.3 is 0 Å². The number of nitrogens with zero attached hydrogens (tertiary/aromatic N) is 1. The first-order valence-electron chi connectivity index (χ1n) is 8.42. The van der Waals surface area contributed by atoms with Crippen LogP contribution in [0.25, 0.3) is 0 Å². The topological polar surface area (TPSA) is 48.0 Å². The van der Waals surface area contributed by atoms with Crippen LogP contribution in [0, 0.1) is 0 Å². The minimum absolute atomic E-state index is 0.0167. The van der Waals surface area contributed by atoms with Crippen LogP contribution in [0.15, 0.2) is 42.5 Å². The predicted molar refractivity (Wildman–Crippen MR) is 103 cm³/mol. The number of amides is 1. The molecule has 0 N–H and O–H groups in total. The molecule has 1 unspecified atom stereocenters. The van der Waals surface area contributed by atoms with E-state index in [1.165, 1.54) is 0 Å². The zero-order chi connectivity index (χ0) is 18.5. The van der Waals surface area contributed by atoms with Gasteiger partial charge in [-0.3, -0.25) is 4.79 Å². The van der Waals surface area contributed by atoms with Crippen molar-refractivity contribution in [2.75, 3.05) is 33.6 Å². The number of carbonyl (C=O) groups is 1. The van der Waals surface area contributed by atoms with E-state index in [2.05, 4.69) is 0 Å². The van der Waals surface area contributed by atoms with Crippen LogP contribution < -0.4 is 14.2 Å². The molecule has 0 aliphatic carbocycles. The van der Waals surface area contributed by atoms with E-state index in [0.717, 1.165) is 29.2 Å². The van der Waals surface area contributed by atoms with Gasteiger partial charge in [0, 0.05) is 17.9 Å². The summed E-state index contributed by atoms with van der Waals surface area (Å²) in [5, 5.41) is -0.0167. The van der Waals surface area contributed by atoms with Gasteiger partial charge in [-0.15, -0.1) is 11.8 Å². The van der Waals surface area contributed by atoms with Crippen LogP contribution in [0.3, 0.4) is 0 Å². The maximum absolute atomic E-state index is 12.9.